The van der Waals surface area contributed by atoms with E-state index < -0.39 is 0 Å². The van der Waals surface area contributed by atoms with E-state index in [1.165, 1.54) is 25.7 Å². The van der Waals surface area contributed by atoms with Crippen LogP contribution in [-0.2, 0) is 0 Å². The lowest BCUT2D eigenvalue weighted by atomic mass is 9.96. The first kappa shape index (κ1) is 18.0. The molecule has 0 aromatic heterocycles. The molecule has 3 aliphatic heterocycles. The van der Waals surface area contributed by atoms with Crippen molar-refractivity contribution >= 4 is 6.03 Å². The van der Waals surface area contributed by atoms with Gasteiger partial charge in [0.25, 0.3) is 0 Å². The molecule has 3 aliphatic rings. The Balaban J connectivity index is 1.42. The summed E-state index contributed by atoms with van der Waals surface area (Å²) in [4.78, 5) is 19.5. The molecule has 24 heavy (non-hydrogen) atoms. The first-order valence-electron chi connectivity index (χ1n) is 9.70. The summed E-state index contributed by atoms with van der Waals surface area (Å²) in [5, 5.41) is 11.9. The van der Waals surface area contributed by atoms with E-state index >= 15 is 0 Å². The number of hydrogen-bond donors (Lipinski definition) is 2. The van der Waals surface area contributed by atoms with Crippen molar-refractivity contribution in [3.8, 4) is 0 Å². The van der Waals surface area contributed by atoms with Crippen LogP contribution in [0.5, 0.6) is 0 Å². The second-order valence-electron chi connectivity index (χ2n) is 7.92. The highest BCUT2D eigenvalue weighted by molar-refractivity contribution is 5.74. The molecule has 0 aromatic carbocycles. The van der Waals surface area contributed by atoms with Gasteiger partial charge in [0.15, 0.2) is 0 Å². The van der Waals surface area contributed by atoms with Gasteiger partial charge in [-0.15, -0.1) is 0 Å². The zero-order valence-electron chi connectivity index (χ0n) is 15.3. The molecule has 3 rings (SSSR count). The lowest BCUT2D eigenvalue weighted by molar-refractivity contribution is 0.0473. The fourth-order valence-corrected chi connectivity index (χ4v) is 4.74. The van der Waals surface area contributed by atoms with Gasteiger partial charge in [0.1, 0.15) is 0 Å². The van der Waals surface area contributed by atoms with Gasteiger partial charge in [-0.3, -0.25) is 4.90 Å². The minimum Gasteiger partial charge on any atom is -0.396 e. The maximum atomic E-state index is 12.3. The lowest BCUT2D eigenvalue weighted by Gasteiger charge is -2.45. The van der Waals surface area contributed by atoms with E-state index in [0.29, 0.717) is 6.04 Å². The zero-order valence-corrected chi connectivity index (χ0v) is 15.3. The van der Waals surface area contributed by atoms with Gasteiger partial charge < -0.3 is 20.2 Å². The molecule has 3 unspecified atom stereocenters. The standard InChI is InChI=1S/C18H34N4O2/c1-14(4-3-11-23)19-18(24)22-9-7-21(8-10-22)17-12-15-5-6-16(13-17)20(15)2/h14-17,23H,3-13H2,1-2H3,(H,19,24). The molecule has 6 nitrogen and oxygen atoms in total. The quantitative estimate of drug-likeness (QED) is 0.788. The molecule has 0 spiro atoms. The topological polar surface area (TPSA) is 59.1 Å². The van der Waals surface area contributed by atoms with Crippen molar-refractivity contribution in [3.05, 3.63) is 0 Å². The fourth-order valence-electron chi connectivity index (χ4n) is 4.74. The molecule has 2 N–H and O–H groups in total. The Hall–Kier alpha value is -0.850. The smallest absolute Gasteiger partial charge is 0.317 e. The molecular weight excluding hydrogens is 304 g/mol. The predicted octanol–water partition coefficient (Wildman–Crippen LogP) is 1.10. The molecule has 3 saturated heterocycles. The second kappa shape index (κ2) is 8.02. The maximum absolute atomic E-state index is 12.3. The number of carbonyl (C=O) groups excluding carboxylic acids is 1. The normalized spacial score (nSPS) is 32.8. The number of aliphatic hydroxyl groups is 1. The molecule has 2 bridgehead atoms. The Morgan fingerprint density at radius 2 is 1.75 bits per heavy atom. The monoisotopic (exact) mass is 338 g/mol. The Morgan fingerprint density at radius 1 is 1.12 bits per heavy atom. The van der Waals surface area contributed by atoms with Gasteiger partial charge in [-0.05, 0) is 52.5 Å². The minimum absolute atomic E-state index is 0.0588. The summed E-state index contributed by atoms with van der Waals surface area (Å²) in [5.41, 5.74) is 0. The molecule has 0 aromatic rings. The zero-order chi connectivity index (χ0) is 17.1. The number of rotatable bonds is 5. The predicted molar refractivity (Wildman–Crippen MR) is 95.1 cm³/mol. The number of urea groups is 1. The Labute approximate surface area is 146 Å². The largest absolute Gasteiger partial charge is 0.396 e. The van der Waals surface area contributed by atoms with Gasteiger partial charge >= 0.3 is 6.03 Å². The van der Waals surface area contributed by atoms with Gasteiger partial charge in [0.05, 0.1) is 0 Å². The average Bonchev–Trinajstić information content (AvgIpc) is 2.81. The molecule has 0 saturated carbocycles. The lowest BCUT2D eigenvalue weighted by Crippen LogP contribution is -2.57. The molecule has 6 heteroatoms. The number of aliphatic hydroxyl groups excluding tert-OH is 1. The van der Waals surface area contributed by atoms with Crippen molar-refractivity contribution in [3.63, 3.8) is 0 Å². The second-order valence-corrected chi connectivity index (χ2v) is 7.92. The molecule has 3 atom stereocenters. The molecular formula is C18H34N4O2. The van der Waals surface area contributed by atoms with E-state index in [9.17, 15) is 4.79 Å². The third kappa shape index (κ3) is 4.03. The van der Waals surface area contributed by atoms with Crippen LogP contribution in [0.4, 0.5) is 4.79 Å². The van der Waals surface area contributed by atoms with Crippen LogP contribution < -0.4 is 5.32 Å². The van der Waals surface area contributed by atoms with Crippen LogP contribution in [0.1, 0.15) is 45.4 Å². The number of carbonyl (C=O) groups is 1. The summed E-state index contributed by atoms with van der Waals surface area (Å²) in [5.74, 6) is 0. The van der Waals surface area contributed by atoms with E-state index in [1.54, 1.807) is 0 Å². The molecule has 138 valence electrons. The Bertz CT molecular complexity index is 411. The van der Waals surface area contributed by atoms with Crippen LogP contribution >= 0.6 is 0 Å². The third-order valence-electron chi connectivity index (χ3n) is 6.36. The van der Waals surface area contributed by atoms with Crippen molar-refractivity contribution in [2.75, 3.05) is 39.8 Å². The van der Waals surface area contributed by atoms with Crippen molar-refractivity contribution in [2.45, 2.75) is 69.6 Å². The first-order chi connectivity index (χ1) is 11.6. The third-order valence-corrected chi connectivity index (χ3v) is 6.36. The summed E-state index contributed by atoms with van der Waals surface area (Å²) < 4.78 is 0. The summed E-state index contributed by atoms with van der Waals surface area (Å²) in [6.45, 7) is 5.88. The van der Waals surface area contributed by atoms with Crippen molar-refractivity contribution in [1.82, 2.24) is 20.0 Å². The van der Waals surface area contributed by atoms with Gasteiger partial charge in [-0.25, -0.2) is 4.79 Å². The number of piperazine rings is 1. The van der Waals surface area contributed by atoms with Gasteiger partial charge in [0.2, 0.25) is 0 Å². The van der Waals surface area contributed by atoms with E-state index in [2.05, 4.69) is 22.2 Å². The number of nitrogens with one attached hydrogen (secondary N) is 1. The maximum Gasteiger partial charge on any atom is 0.317 e. The van der Waals surface area contributed by atoms with E-state index in [1.807, 2.05) is 11.8 Å². The first-order valence-corrected chi connectivity index (χ1v) is 9.70. The van der Waals surface area contributed by atoms with Crippen molar-refractivity contribution in [1.29, 1.82) is 0 Å². The average molecular weight is 338 g/mol. The highest BCUT2D eigenvalue weighted by atomic mass is 16.3. The Morgan fingerprint density at radius 3 is 2.33 bits per heavy atom. The SMILES string of the molecule is CC(CCCO)NC(=O)N1CCN(C2CC3CCC(C2)N3C)CC1. The van der Waals surface area contributed by atoms with Crippen LogP contribution in [0.25, 0.3) is 0 Å². The summed E-state index contributed by atoms with van der Waals surface area (Å²) in [7, 11) is 2.29. The molecule has 0 aliphatic carbocycles. The van der Waals surface area contributed by atoms with Gasteiger partial charge in [-0.2, -0.15) is 0 Å². The van der Waals surface area contributed by atoms with Crippen LogP contribution in [-0.4, -0.2) is 89.8 Å². The summed E-state index contributed by atoms with van der Waals surface area (Å²) in [6.07, 6.45) is 6.92. The fraction of sp³-hybridized carbons (Fsp3) is 0.944. The number of fused-ring (bicyclic) bond motifs is 2. The summed E-state index contributed by atoms with van der Waals surface area (Å²) >= 11 is 0. The number of hydrogen-bond acceptors (Lipinski definition) is 4. The minimum atomic E-state index is 0.0588. The molecule has 2 amide bonds. The summed E-state index contributed by atoms with van der Waals surface area (Å²) in [6, 6.07) is 2.47. The van der Waals surface area contributed by atoms with Crippen LogP contribution in [0.15, 0.2) is 0 Å². The number of nitrogens with zero attached hydrogens (tertiary/aromatic N) is 3. The number of piperidine rings is 1. The molecule has 3 heterocycles. The Kier molecular flexibility index (Phi) is 6.00. The van der Waals surface area contributed by atoms with Crippen molar-refractivity contribution in [2.24, 2.45) is 0 Å². The molecule has 0 radical (unpaired) electrons. The number of amides is 2. The highest BCUT2D eigenvalue weighted by Crippen LogP contribution is 2.36. The van der Waals surface area contributed by atoms with Gasteiger partial charge in [-0.1, -0.05) is 0 Å². The van der Waals surface area contributed by atoms with Crippen LogP contribution in [0.2, 0.25) is 0 Å². The van der Waals surface area contributed by atoms with Crippen LogP contribution in [0.3, 0.4) is 0 Å². The van der Waals surface area contributed by atoms with E-state index in [0.717, 1.165) is 51.1 Å². The highest BCUT2D eigenvalue weighted by Gasteiger charge is 2.41. The van der Waals surface area contributed by atoms with E-state index in [-0.39, 0.29) is 18.7 Å². The molecule has 3 fully saturated rings. The van der Waals surface area contributed by atoms with E-state index in [4.69, 9.17) is 5.11 Å². The van der Waals surface area contributed by atoms with Crippen LogP contribution in [0, 0.1) is 0 Å². The van der Waals surface area contributed by atoms with Gasteiger partial charge in [0, 0.05) is 57.0 Å². The van der Waals surface area contributed by atoms with Crippen molar-refractivity contribution < 1.29 is 9.90 Å².